The van der Waals surface area contributed by atoms with Crippen molar-refractivity contribution in [3.8, 4) is 5.75 Å². The number of methoxy groups -OCH3 is 1. The summed E-state index contributed by atoms with van der Waals surface area (Å²) in [5.74, 6) is -0.118. The smallest absolute Gasteiger partial charge is 0.333 e. The average Bonchev–Trinajstić information content (AvgIpc) is 3.03. The standard InChI is InChI=1S/C23H21NO5S/c1-3-29-22(26)14-21-24(15-19(25)17-9-5-4-6-10-17)23(27)20(30-21)13-16-8-7-11-18(12-16)28-2/h4-14H,3,15H2,1-2H3. The fourth-order valence-electron chi connectivity index (χ4n) is 2.82. The van der Waals surface area contributed by atoms with Crippen LogP contribution in [0.25, 0.3) is 12.2 Å². The van der Waals surface area contributed by atoms with Crippen LogP contribution >= 0.6 is 11.3 Å². The summed E-state index contributed by atoms with van der Waals surface area (Å²) in [6, 6.07) is 16.0. The van der Waals surface area contributed by atoms with Gasteiger partial charge in [-0.05, 0) is 30.7 Å². The molecule has 1 heterocycles. The average molecular weight is 423 g/mol. The summed E-state index contributed by atoms with van der Waals surface area (Å²) >= 11 is 1.13. The summed E-state index contributed by atoms with van der Waals surface area (Å²) in [5, 5.41) is 0. The number of hydrogen-bond donors (Lipinski definition) is 0. The van der Waals surface area contributed by atoms with Crippen LogP contribution in [0.5, 0.6) is 5.75 Å². The minimum absolute atomic E-state index is 0.170. The van der Waals surface area contributed by atoms with E-state index < -0.39 is 5.97 Å². The molecule has 0 bridgehead atoms. The number of carbonyl (C=O) groups is 2. The van der Waals surface area contributed by atoms with Gasteiger partial charge >= 0.3 is 5.97 Å². The van der Waals surface area contributed by atoms with Gasteiger partial charge in [-0.1, -0.05) is 42.5 Å². The van der Waals surface area contributed by atoms with E-state index in [9.17, 15) is 14.4 Å². The molecular weight excluding hydrogens is 402 g/mol. The Bertz CT molecular complexity index is 1220. The number of aromatic nitrogens is 1. The first-order chi connectivity index (χ1) is 14.5. The molecular formula is C23H21NO5S. The Kier molecular flexibility index (Phi) is 6.98. The number of nitrogens with zero attached hydrogens (tertiary/aromatic N) is 1. The monoisotopic (exact) mass is 423 g/mol. The van der Waals surface area contributed by atoms with Crippen LogP contribution in [0.15, 0.2) is 59.4 Å². The molecule has 0 atom stereocenters. The third-order valence-corrected chi connectivity index (χ3v) is 5.31. The summed E-state index contributed by atoms with van der Waals surface area (Å²) in [5.41, 5.74) is 0.926. The van der Waals surface area contributed by atoms with E-state index in [1.807, 2.05) is 24.3 Å². The molecule has 0 fully saturated rings. The topological polar surface area (TPSA) is 74.6 Å². The van der Waals surface area contributed by atoms with Gasteiger partial charge in [0, 0.05) is 5.56 Å². The normalized spacial score (nSPS) is 12.1. The summed E-state index contributed by atoms with van der Waals surface area (Å²) in [7, 11) is 1.57. The third-order valence-electron chi connectivity index (χ3n) is 4.25. The molecule has 0 aliphatic rings. The molecule has 0 unspecified atom stereocenters. The van der Waals surface area contributed by atoms with Crippen molar-refractivity contribution in [2.75, 3.05) is 13.7 Å². The van der Waals surface area contributed by atoms with Crippen LogP contribution in [0.2, 0.25) is 0 Å². The molecule has 154 valence electrons. The highest BCUT2D eigenvalue weighted by Crippen LogP contribution is 2.12. The number of Topliss-reactive ketones (excluding diaryl/α,β-unsaturated/α-hetero) is 1. The Morgan fingerprint density at radius 2 is 1.87 bits per heavy atom. The van der Waals surface area contributed by atoms with Crippen molar-refractivity contribution in [1.82, 2.24) is 4.57 Å². The number of ketones is 1. The predicted octanol–water partition coefficient (Wildman–Crippen LogP) is 1.97. The molecule has 3 aromatic rings. The number of ether oxygens (including phenoxy) is 2. The highest BCUT2D eigenvalue weighted by atomic mass is 32.1. The molecule has 7 heteroatoms. The first-order valence-electron chi connectivity index (χ1n) is 9.34. The zero-order chi connectivity index (χ0) is 21.5. The van der Waals surface area contributed by atoms with Crippen molar-refractivity contribution in [2.24, 2.45) is 0 Å². The zero-order valence-electron chi connectivity index (χ0n) is 16.7. The van der Waals surface area contributed by atoms with E-state index in [-0.39, 0.29) is 24.5 Å². The number of hydrogen-bond acceptors (Lipinski definition) is 6. The number of thiazole rings is 1. The zero-order valence-corrected chi connectivity index (χ0v) is 17.5. The SMILES string of the molecule is CCOC(=O)C=c1sc(=Cc2cccc(OC)c2)c(=O)n1CC(=O)c1ccccc1. The van der Waals surface area contributed by atoms with Gasteiger partial charge in [-0.3, -0.25) is 14.2 Å². The van der Waals surface area contributed by atoms with Crippen LogP contribution in [0.3, 0.4) is 0 Å². The third kappa shape index (κ3) is 5.12. The van der Waals surface area contributed by atoms with Crippen LogP contribution in [-0.2, 0) is 16.1 Å². The largest absolute Gasteiger partial charge is 0.497 e. The summed E-state index contributed by atoms with van der Waals surface area (Å²) in [6.07, 6.45) is 2.96. The Morgan fingerprint density at radius 1 is 1.10 bits per heavy atom. The molecule has 3 rings (SSSR count). The summed E-state index contributed by atoms with van der Waals surface area (Å²) < 4.78 is 12.3. The van der Waals surface area contributed by atoms with Gasteiger partial charge in [0.2, 0.25) is 0 Å². The lowest BCUT2D eigenvalue weighted by Gasteiger charge is -2.02. The first kappa shape index (κ1) is 21.3. The van der Waals surface area contributed by atoms with E-state index in [0.29, 0.717) is 20.5 Å². The molecule has 0 spiro atoms. The lowest BCUT2D eigenvalue weighted by atomic mass is 10.1. The highest BCUT2D eigenvalue weighted by molar-refractivity contribution is 7.07. The lowest BCUT2D eigenvalue weighted by Crippen LogP contribution is -2.34. The van der Waals surface area contributed by atoms with Gasteiger partial charge < -0.3 is 9.47 Å². The second-order valence-corrected chi connectivity index (χ2v) is 7.36. The Balaban J connectivity index is 2.10. The van der Waals surface area contributed by atoms with Gasteiger partial charge in [-0.2, -0.15) is 0 Å². The molecule has 6 nitrogen and oxygen atoms in total. The predicted molar refractivity (Wildman–Crippen MR) is 116 cm³/mol. The maximum Gasteiger partial charge on any atom is 0.333 e. The number of rotatable bonds is 7. The van der Waals surface area contributed by atoms with E-state index >= 15 is 0 Å². The molecule has 0 amide bonds. The molecule has 0 N–H and O–H groups in total. The minimum atomic E-state index is -0.562. The lowest BCUT2D eigenvalue weighted by molar-refractivity contribution is -0.135. The molecule has 0 aliphatic heterocycles. The van der Waals surface area contributed by atoms with E-state index in [0.717, 1.165) is 16.9 Å². The maximum absolute atomic E-state index is 13.0. The van der Waals surface area contributed by atoms with Crippen LogP contribution < -0.4 is 19.5 Å². The van der Waals surface area contributed by atoms with E-state index in [2.05, 4.69) is 0 Å². The highest BCUT2D eigenvalue weighted by Gasteiger charge is 2.12. The van der Waals surface area contributed by atoms with Gasteiger partial charge in [0.1, 0.15) is 10.4 Å². The van der Waals surface area contributed by atoms with E-state index in [4.69, 9.17) is 9.47 Å². The Labute approximate surface area is 177 Å². The number of carbonyl (C=O) groups excluding carboxylic acids is 2. The van der Waals surface area contributed by atoms with Crippen molar-refractivity contribution in [1.29, 1.82) is 0 Å². The van der Waals surface area contributed by atoms with Crippen molar-refractivity contribution in [3.05, 3.63) is 85.3 Å². The summed E-state index contributed by atoms with van der Waals surface area (Å²) in [4.78, 5) is 37.7. The molecule has 0 saturated carbocycles. The fourth-order valence-corrected chi connectivity index (χ4v) is 3.85. The number of benzene rings is 2. The fraction of sp³-hybridized carbons (Fsp3) is 0.174. The van der Waals surface area contributed by atoms with E-state index in [1.165, 1.54) is 10.6 Å². The van der Waals surface area contributed by atoms with Crippen LogP contribution in [0, 0.1) is 0 Å². The molecule has 30 heavy (non-hydrogen) atoms. The Hall–Kier alpha value is -3.45. The maximum atomic E-state index is 13.0. The molecule has 2 aromatic carbocycles. The van der Waals surface area contributed by atoms with Gasteiger partial charge in [-0.25, -0.2) is 4.79 Å². The molecule has 0 saturated heterocycles. The Morgan fingerprint density at radius 3 is 2.57 bits per heavy atom. The quantitative estimate of drug-likeness (QED) is 0.429. The van der Waals surface area contributed by atoms with Gasteiger partial charge in [0.25, 0.3) is 5.56 Å². The van der Waals surface area contributed by atoms with Crippen molar-refractivity contribution >= 4 is 35.2 Å². The van der Waals surface area contributed by atoms with Gasteiger partial charge in [-0.15, -0.1) is 11.3 Å². The van der Waals surface area contributed by atoms with Crippen LogP contribution in [0.4, 0.5) is 0 Å². The second-order valence-electron chi connectivity index (χ2n) is 6.30. The van der Waals surface area contributed by atoms with E-state index in [1.54, 1.807) is 50.4 Å². The second kappa shape index (κ2) is 9.84. The molecule has 0 aliphatic carbocycles. The van der Waals surface area contributed by atoms with Crippen LogP contribution in [-0.4, -0.2) is 30.0 Å². The molecule has 1 aromatic heterocycles. The van der Waals surface area contributed by atoms with Gasteiger partial charge in [0.15, 0.2) is 5.78 Å². The molecule has 0 radical (unpaired) electrons. The minimum Gasteiger partial charge on any atom is -0.497 e. The number of esters is 1. The van der Waals surface area contributed by atoms with Crippen molar-refractivity contribution in [2.45, 2.75) is 13.5 Å². The first-order valence-corrected chi connectivity index (χ1v) is 10.2. The van der Waals surface area contributed by atoms with Crippen molar-refractivity contribution < 1.29 is 19.1 Å². The van der Waals surface area contributed by atoms with Crippen LogP contribution in [0.1, 0.15) is 22.8 Å². The summed E-state index contributed by atoms with van der Waals surface area (Å²) in [6.45, 7) is 1.75. The van der Waals surface area contributed by atoms with Crippen molar-refractivity contribution in [3.63, 3.8) is 0 Å². The van der Waals surface area contributed by atoms with Gasteiger partial charge in [0.05, 0.1) is 30.9 Å².